The van der Waals surface area contributed by atoms with Crippen molar-refractivity contribution in [1.29, 1.82) is 0 Å². The lowest BCUT2D eigenvalue weighted by Crippen LogP contribution is -2.16. The fourth-order valence-corrected chi connectivity index (χ4v) is 4.29. The lowest BCUT2D eigenvalue weighted by atomic mass is 10.0. The maximum absolute atomic E-state index is 15.1. The number of rotatable bonds is 7. The van der Waals surface area contributed by atoms with Crippen LogP contribution in [0.2, 0.25) is 0 Å². The molecule has 0 fully saturated rings. The number of benzene rings is 1. The van der Waals surface area contributed by atoms with Crippen molar-refractivity contribution in [2.45, 2.75) is 13.8 Å². The number of methoxy groups -OCH3 is 2. The molecule has 0 saturated carbocycles. The summed E-state index contributed by atoms with van der Waals surface area (Å²) in [4.78, 5) is 30.1. The Balaban J connectivity index is 1.42. The van der Waals surface area contributed by atoms with Crippen molar-refractivity contribution in [3.63, 3.8) is 0 Å². The van der Waals surface area contributed by atoms with Crippen LogP contribution in [-0.4, -0.2) is 45.2 Å². The number of amides is 1. The summed E-state index contributed by atoms with van der Waals surface area (Å²) in [5.41, 5.74) is 1.81. The third-order valence-electron chi connectivity index (χ3n) is 6.17. The average molecular weight is 560 g/mol. The monoisotopic (exact) mass is 559 g/mol. The fourth-order valence-electron chi connectivity index (χ4n) is 4.29. The first-order chi connectivity index (χ1) is 19.7. The predicted molar refractivity (Wildman–Crippen MR) is 146 cm³/mol. The molecule has 5 aromatic rings. The summed E-state index contributed by atoms with van der Waals surface area (Å²) in [7, 11) is 2.91. The van der Waals surface area contributed by atoms with E-state index in [1.165, 1.54) is 50.7 Å². The number of aryl methyl sites for hydroxylation is 2. The lowest BCUT2D eigenvalue weighted by Gasteiger charge is -2.15. The maximum Gasteiger partial charge on any atom is 0.261 e. The molecule has 0 unspecified atom stereocenters. The van der Waals surface area contributed by atoms with Crippen molar-refractivity contribution in [3.8, 4) is 40.1 Å². The molecule has 0 bridgehead atoms. The highest BCUT2D eigenvalue weighted by Crippen LogP contribution is 2.37. The Kier molecular flexibility index (Phi) is 7.30. The molecule has 0 radical (unpaired) electrons. The number of aromatic nitrogens is 4. The smallest absolute Gasteiger partial charge is 0.261 e. The van der Waals surface area contributed by atoms with Crippen LogP contribution in [0.5, 0.6) is 28.9 Å². The molecule has 4 heterocycles. The van der Waals surface area contributed by atoms with Crippen LogP contribution >= 0.6 is 0 Å². The van der Waals surface area contributed by atoms with Crippen LogP contribution in [-0.2, 0) is 0 Å². The lowest BCUT2D eigenvalue weighted by molar-refractivity contribution is 0.102. The van der Waals surface area contributed by atoms with E-state index in [4.69, 9.17) is 14.2 Å². The van der Waals surface area contributed by atoms with Gasteiger partial charge in [0.15, 0.2) is 23.1 Å². The first-order valence-corrected chi connectivity index (χ1v) is 12.2. The van der Waals surface area contributed by atoms with Gasteiger partial charge in [0, 0.05) is 30.1 Å². The molecule has 4 aromatic heterocycles. The number of fused-ring (bicyclic) bond motifs is 1. The zero-order chi connectivity index (χ0) is 29.3. The molecule has 0 atom stereocenters. The number of aromatic hydroxyl groups is 1. The van der Waals surface area contributed by atoms with E-state index in [1.807, 2.05) is 0 Å². The van der Waals surface area contributed by atoms with Gasteiger partial charge in [-0.2, -0.15) is 0 Å². The van der Waals surface area contributed by atoms with E-state index < -0.39 is 17.5 Å². The summed E-state index contributed by atoms with van der Waals surface area (Å²) >= 11 is 0. The van der Waals surface area contributed by atoms with Gasteiger partial charge in [-0.25, -0.2) is 13.8 Å². The van der Waals surface area contributed by atoms with Gasteiger partial charge in [-0.15, -0.1) is 0 Å². The SMILES string of the molecule is COc1cc2nccc(Oc3ccc(NC(=O)c4c(C)nc(C)c(-c5ccc(F)cn5)c4O)cc3F)c2nc1OC. The van der Waals surface area contributed by atoms with E-state index in [0.29, 0.717) is 22.5 Å². The Morgan fingerprint density at radius 3 is 2.39 bits per heavy atom. The van der Waals surface area contributed by atoms with Crippen LogP contribution in [0.1, 0.15) is 21.7 Å². The number of nitrogens with one attached hydrogen (secondary N) is 1. The summed E-state index contributed by atoms with van der Waals surface area (Å²) in [6.45, 7) is 3.19. The van der Waals surface area contributed by atoms with E-state index in [-0.39, 0.29) is 51.3 Å². The zero-order valence-electron chi connectivity index (χ0n) is 22.3. The zero-order valence-corrected chi connectivity index (χ0v) is 22.3. The van der Waals surface area contributed by atoms with E-state index in [0.717, 1.165) is 12.3 Å². The van der Waals surface area contributed by atoms with Crippen molar-refractivity contribution >= 4 is 22.6 Å². The minimum atomic E-state index is -0.771. The highest BCUT2D eigenvalue weighted by atomic mass is 19.1. The van der Waals surface area contributed by atoms with E-state index in [9.17, 15) is 14.3 Å². The Bertz CT molecular complexity index is 1800. The van der Waals surface area contributed by atoms with Crippen molar-refractivity contribution in [1.82, 2.24) is 19.9 Å². The number of carbonyl (C=O) groups is 1. The van der Waals surface area contributed by atoms with Gasteiger partial charge in [-0.3, -0.25) is 19.7 Å². The molecule has 1 aromatic carbocycles. The molecule has 0 saturated heterocycles. The summed E-state index contributed by atoms with van der Waals surface area (Å²) in [5, 5.41) is 13.6. The first kappa shape index (κ1) is 27.2. The third-order valence-corrected chi connectivity index (χ3v) is 6.17. The number of nitrogens with zero attached hydrogens (tertiary/aromatic N) is 4. The number of carbonyl (C=O) groups excluding carboxylic acids is 1. The van der Waals surface area contributed by atoms with Crippen LogP contribution in [0.25, 0.3) is 22.3 Å². The number of ether oxygens (including phenoxy) is 3. The summed E-state index contributed by atoms with van der Waals surface area (Å²) in [6.07, 6.45) is 2.48. The minimum Gasteiger partial charge on any atom is -0.506 e. The highest BCUT2D eigenvalue weighted by molar-refractivity contribution is 6.08. The normalized spacial score (nSPS) is 10.9. The molecule has 0 aliphatic heterocycles. The average Bonchev–Trinajstić information content (AvgIpc) is 2.94. The second kappa shape index (κ2) is 11.0. The molecule has 10 nitrogen and oxygen atoms in total. The van der Waals surface area contributed by atoms with Crippen molar-refractivity contribution in [3.05, 3.63) is 83.4 Å². The molecule has 41 heavy (non-hydrogen) atoms. The summed E-state index contributed by atoms with van der Waals surface area (Å²) < 4.78 is 44.8. The quantitative estimate of drug-likeness (QED) is 0.256. The molecule has 1 amide bonds. The van der Waals surface area contributed by atoms with Crippen LogP contribution in [0, 0.1) is 25.5 Å². The van der Waals surface area contributed by atoms with E-state index in [1.54, 1.807) is 19.9 Å². The van der Waals surface area contributed by atoms with Gasteiger partial charge < -0.3 is 24.6 Å². The molecule has 0 spiro atoms. The fraction of sp³-hybridized carbons (Fsp3) is 0.138. The third kappa shape index (κ3) is 5.26. The second-order valence-electron chi connectivity index (χ2n) is 8.82. The number of anilines is 1. The molecule has 208 valence electrons. The maximum atomic E-state index is 15.1. The van der Waals surface area contributed by atoms with Gasteiger partial charge in [0.2, 0.25) is 0 Å². The number of halogens is 2. The Labute approximate surface area is 232 Å². The Morgan fingerprint density at radius 2 is 1.71 bits per heavy atom. The standard InChI is InChI=1S/C29H23F2N5O5/c1-14-24(19-7-5-16(30)13-33-19)27(37)25(15(2)34-14)28(38)35-17-6-8-21(18(31)11-17)41-22-9-10-32-20-12-23(39-3)29(40-4)36-26(20)22/h5-13H,1-4H3,(H,34,37)(H,35,38). The number of hydrogen-bond acceptors (Lipinski definition) is 9. The van der Waals surface area contributed by atoms with Crippen LogP contribution < -0.4 is 19.5 Å². The molecule has 5 rings (SSSR count). The van der Waals surface area contributed by atoms with Crippen molar-refractivity contribution in [2.75, 3.05) is 19.5 Å². The van der Waals surface area contributed by atoms with Gasteiger partial charge in [0.25, 0.3) is 11.8 Å². The van der Waals surface area contributed by atoms with Crippen LogP contribution in [0.3, 0.4) is 0 Å². The summed E-state index contributed by atoms with van der Waals surface area (Å²) in [6, 6.07) is 9.56. The van der Waals surface area contributed by atoms with Gasteiger partial charge in [-0.05, 0) is 38.1 Å². The molecule has 12 heteroatoms. The van der Waals surface area contributed by atoms with E-state index >= 15 is 4.39 Å². The molecule has 0 aliphatic carbocycles. The van der Waals surface area contributed by atoms with E-state index in [2.05, 4.69) is 25.3 Å². The molecular weight excluding hydrogens is 536 g/mol. The van der Waals surface area contributed by atoms with Gasteiger partial charge in [0.05, 0.1) is 48.6 Å². The minimum absolute atomic E-state index is 0.102. The van der Waals surface area contributed by atoms with Gasteiger partial charge >= 0.3 is 0 Å². The van der Waals surface area contributed by atoms with Crippen LogP contribution in [0.4, 0.5) is 14.5 Å². The van der Waals surface area contributed by atoms with Crippen LogP contribution in [0.15, 0.2) is 54.9 Å². The second-order valence-corrected chi connectivity index (χ2v) is 8.82. The van der Waals surface area contributed by atoms with Gasteiger partial charge in [-0.1, -0.05) is 0 Å². The first-order valence-electron chi connectivity index (χ1n) is 12.2. The highest BCUT2D eigenvalue weighted by Gasteiger charge is 2.23. The van der Waals surface area contributed by atoms with Crippen molar-refractivity contribution < 1.29 is 32.9 Å². The summed E-state index contributed by atoms with van der Waals surface area (Å²) in [5.74, 6) is -1.75. The molecular formula is C29H23F2N5O5. The Hall–Kier alpha value is -5.39. The predicted octanol–water partition coefficient (Wildman–Crippen LogP) is 5.75. The largest absolute Gasteiger partial charge is 0.506 e. The Morgan fingerprint density at radius 1 is 0.902 bits per heavy atom. The number of pyridine rings is 4. The molecule has 2 N–H and O–H groups in total. The van der Waals surface area contributed by atoms with Gasteiger partial charge in [0.1, 0.15) is 22.6 Å². The molecule has 0 aliphatic rings. The topological polar surface area (TPSA) is 129 Å². The number of hydrogen-bond donors (Lipinski definition) is 2. The van der Waals surface area contributed by atoms with Crippen molar-refractivity contribution in [2.24, 2.45) is 0 Å².